The fourth-order valence-corrected chi connectivity index (χ4v) is 2.72. The lowest BCUT2D eigenvalue weighted by Crippen LogP contribution is -2.02. The van der Waals surface area contributed by atoms with E-state index < -0.39 is 5.82 Å². The van der Waals surface area contributed by atoms with Crippen LogP contribution < -0.4 is 0 Å². The van der Waals surface area contributed by atoms with Gasteiger partial charge >= 0.3 is 0 Å². The lowest BCUT2D eigenvalue weighted by atomic mass is 9.99. The molecule has 4 heteroatoms. The zero-order valence-electron chi connectivity index (χ0n) is 12.6. The number of hydrogen-bond donors (Lipinski definition) is 0. The summed E-state index contributed by atoms with van der Waals surface area (Å²) in [6.45, 7) is 0. The van der Waals surface area contributed by atoms with Crippen LogP contribution in [0.4, 0.5) is 4.39 Å². The molecule has 2 aromatic carbocycles. The van der Waals surface area contributed by atoms with Gasteiger partial charge in [0.2, 0.25) is 5.78 Å². The summed E-state index contributed by atoms with van der Waals surface area (Å²) in [5.41, 5.74) is 2.10. The van der Waals surface area contributed by atoms with Gasteiger partial charge < -0.3 is 4.42 Å². The predicted octanol–water partition coefficient (Wildman–Crippen LogP) is 4.86. The predicted molar refractivity (Wildman–Crippen MR) is 89.3 cm³/mol. The second-order valence-electron chi connectivity index (χ2n) is 5.33. The first-order valence-corrected chi connectivity index (χ1v) is 7.48. The van der Waals surface area contributed by atoms with Crippen LogP contribution in [0.15, 0.2) is 77.3 Å². The van der Waals surface area contributed by atoms with E-state index in [-0.39, 0.29) is 11.5 Å². The Morgan fingerprint density at radius 3 is 2.46 bits per heavy atom. The van der Waals surface area contributed by atoms with Crippen LogP contribution in [0.25, 0.3) is 22.2 Å². The Morgan fingerprint density at radius 1 is 0.917 bits per heavy atom. The molecule has 4 aromatic rings. The van der Waals surface area contributed by atoms with E-state index in [2.05, 4.69) is 4.98 Å². The average Bonchev–Trinajstić information content (AvgIpc) is 3.01. The minimum atomic E-state index is -0.423. The lowest BCUT2D eigenvalue weighted by Gasteiger charge is -2.04. The van der Waals surface area contributed by atoms with Crippen LogP contribution in [0.3, 0.4) is 0 Å². The van der Waals surface area contributed by atoms with Gasteiger partial charge in [-0.05, 0) is 18.2 Å². The van der Waals surface area contributed by atoms with Crippen molar-refractivity contribution in [3.63, 3.8) is 0 Å². The summed E-state index contributed by atoms with van der Waals surface area (Å²) in [6.07, 6.45) is 1.60. The third kappa shape index (κ3) is 2.29. The molecule has 0 saturated heterocycles. The monoisotopic (exact) mass is 317 g/mol. The molecule has 0 N–H and O–H groups in total. The maximum absolute atomic E-state index is 14.3. The molecular formula is C20H12FNO2. The molecule has 0 unspecified atom stereocenters. The Hall–Kier alpha value is -3.27. The number of hydrogen-bond acceptors (Lipinski definition) is 3. The van der Waals surface area contributed by atoms with Crippen molar-refractivity contribution in [1.29, 1.82) is 0 Å². The maximum Gasteiger partial charge on any atom is 0.228 e. The molecule has 0 aliphatic carbocycles. The van der Waals surface area contributed by atoms with Crippen LogP contribution in [0.2, 0.25) is 0 Å². The number of fused-ring (bicyclic) bond motifs is 1. The van der Waals surface area contributed by atoms with Gasteiger partial charge in [-0.1, -0.05) is 48.5 Å². The number of ketones is 1. The molecule has 0 atom stereocenters. The van der Waals surface area contributed by atoms with Gasteiger partial charge in [-0.25, -0.2) is 4.39 Å². The van der Waals surface area contributed by atoms with Gasteiger partial charge in [-0.2, -0.15) is 0 Å². The zero-order valence-corrected chi connectivity index (χ0v) is 12.6. The molecule has 116 valence electrons. The van der Waals surface area contributed by atoms with Crippen molar-refractivity contribution in [1.82, 2.24) is 4.98 Å². The Balaban J connectivity index is 2.01. The van der Waals surface area contributed by atoms with Gasteiger partial charge in [-0.3, -0.25) is 9.78 Å². The summed E-state index contributed by atoms with van der Waals surface area (Å²) < 4.78 is 20.1. The molecule has 0 aliphatic rings. The summed E-state index contributed by atoms with van der Waals surface area (Å²) in [7, 11) is 0. The van der Waals surface area contributed by atoms with E-state index in [1.54, 1.807) is 60.8 Å². The summed E-state index contributed by atoms with van der Waals surface area (Å²) in [5.74, 6) is -0.625. The first kappa shape index (κ1) is 14.3. The maximum atomic E-state index is 14.3. The smallest absolute Gasteiger partial charge is 0.228 e. The fraction of sp³-hybridized carbons (Fsp3) is 0. The van der Waals surface area contributed by atoms with Gasteiger partial charge in [-0.15, -0.1) is 0 Å². The molecular weight excluding hydrogens is 305 g/mol. The Labute approximate surface area is 137 Å². The quantitative estimate of drug-likeness (QED) is 0.507. The van der Waals surface area contributed by atoms with Crippen molar-refractivity contribution in [3.8, 4) is 11.1 Å². The van der Waals surface area contributed by atoms with Crippen LogP contribution in [0.5, 0.6) is 0 Å². The van der Waals surface area contributed by atoms with E-state index in [1.807, 2.05) is 6.07 Å². The van der Waals surface area contributed by atoms with E-state index in [9.17, 15) is 9.18 Å². The molecule has 0 saturated carbocycles. The number of pyridine rings is 1. The first-order chi connectivity index (χ1) is 11.8. The van der Waals surface area contributed by atoms with Crippen molar-refractivity contribution >= 4 is 16.9 Å². The molecule has 0 amide bonds. The minimum absolute atomic E-state index is 0.0972. The Morgan fingerprint density at radius 2 is 1.67 bits per heavy atom. The van der Waals surface area contributed by atoms with Crippen LogP contribution in [-0.2, 0) is 0 Å². The standard InChI is InChI=1S/C20H12FNO2/c21-15-10-5-4-9-14(15)17-18-16(11-6-12-22-18)24-20(17)19(23)13-7-2-1-3-8-13/h1-12H. The average molecular weight is 317 g/mol. The molecule has 3 nitrogen and oxygen atoms in total. The number of aromatic nitrogens is 1. The molecule has 0 fully saturated rings. The highest BCUT2D eigenvalue weighted by atomic mass is 19.1. The zero-order chi connectivity index (χ0) is 16.5. The molecule has 0 radical (unpaired) electrons. The summed E-state index contributed by atoms with van der Waals surface area (Å²) >= 11 is 0. The number of carbonyl (C=O) groups excluding carboxylic acids is 1. The van der Waals surface area contributed by atoms with Crippen LogP contribution in [0.1, 0.15) is 16.1 Å². The highest BCUT2D eigenvalue weighted by Crippen LogP contribution is 2.36. The van der Waals surface area contributed by atoms with E-state index in [0.29, 0.717) is 27.8 Å². The first-order valence-electron chi connectivity index (χ1n) is 7.48. The van der Waals surface area contributed by atoms with Gasteiger partial charge in [0.1, 0.15) is 11.3 Å². The van der Waals surface area contributed by atoms with E-state index >= 15 is 0 Å². The SMILES string of the molecule is O=C(c1ccccc1)c1oc2cccnc2c1-c1ccccc1F. The summed E-state index contributed by atoms with van der Waals surface area (Å²) in [4.78, 5) is 17.2. The highest BCUT2D eigenvalue weighted by molar-refractivity contribution is 6.15. The highest BCUT2D eigenvalue weighted by Gasteiger charge is 2.25. The van der Waals surface area contributed by atoms with Crippen LogP contribution >= 0.6 is 0 Å². The molecule has 24 heavy (non-hydrogen) atoms. The largest absolute Gasteiger partial charge is 0.450 e. The van der Waals surface area contributed by atoms with Crippen molar-refractivity contribution < 1.29 is 13.6 Å². The van der Waals surface area contributed by atoms with Gasteiger partial charge in [0.25, 0.3) is 0 Å². The summed E-state index contributed by atoms with van der Waals surface area (Å²) in [6, 6.07) is 18.5. The number of benzene rings is 2. The fourth-order valence-electron chi connectivity index (χ4n) is 2.72. The topological polar surface area (TPSA) is 43.1 Å². The summed E-state index contributed by atoms with van der Waals surface area (Å²) in [5, 5.41) is 0. The third-order valence-corrected chi connectivity index (χ3v) is 3.83. The van der Waals surface area contributed by atoms with Gasteiger partial charge in [0.05, 0.1) is 5.56 Å². The van der Waals surface area contributed by atoms with Crippen molar-refractivity contribution in [3.05, 3.63) is 90.1 Å². The van der Waals surface area contributed by atoms with Gasteiger partial charge in [0.15, 0.2) is 11.3 Å². The molecule has 2 heterocycles. The third-order valence-electron chi connectivity index (χ3n) is 3.83. The second-order valence-corrected chi connectivity index (χ2v) is 5.33. The Kier molecular flexibility index (Phi) is 3.43. The molecule has 4 rings (SSSR count). The molecule has 2 aromatic heterocycles. The van der Waals surface area contributed by atoms with E-state index in [0.717, 1.165) is 0 Å². The van der Waals surface area contributed by atoms with Crippen LogP contribution in [0, 0.1) is 5.82 Å². The second kappa shape index (κ2) is 5.74. The van der Waals surface area contributed by atoms with Gasteiger partial charge in [0, 0.05) is 17.3 Å². The number of halogens is 1. The van der Waals surface area contributed by atoms with E-state index in [4.69, 9.17) is 4.42 Å². The van der Waals surface area contributed by atoms with Crippen molar-refractivity contribution in [2.75, 3.05) is 0 Å². The number of rotatable bonds is 3. The number of carbonyl (C=O) groups is 1. The van der Waals surface area contributed by atoms with Crippen LogP contribution in [-0.4, -0.2) is 10.8 Å². The normalized spacial score (nSPS) is 10.9. The lowest BCUT2D eigenvalue weighted by molar-refractivity contribution is 0.101. The van der Waals surface area contributed by atoms with E-state index in [1.165, 1.54) is 6.07 Å². The molecule has 0 bridgehead atoms. The van der Waals surface area contributed by atoms with Crippen molar-refractivity contribution in [2.24, 2.45) is 0 Å². The molecule has 0 aliphatic heterocycles. The molecule has 0 spiro atoms. The Bertz CT molecular complexity index is 1040. The van der Waals surface area contributed by atoms with Crippen molar-refractivity contribution in [2.45, 2.75) is 0 Å². The number of nitrogens with zero attached hydrogens (tertiary/aromatic N) is 1. The number of furan rings is 1. The minimum Gasteiger partial charge on any atom is -0.450 e.